The Morgan fingerprint density at radius 3 is 1.77 bits per heavy atom. The lowest BCUT2D eigenvalue weighted by molar-refractivity contribution is -0.142. The lowest BCUT2D eigenvalue weighted by atomic mass is 10.4. The van der Waals surface area contributed by atoms with Crippen molar-refractivity contribution in [3.05, 3.63) is 0 Å². The second-order valence-electron chi connectivity index (χ2n) is 4.96. The van der Waals surface area contributed by atoms with Gasteiger partial charge in [-0.2, -0.15) is 0 Å². The van der Waals surface area contributed by atoms with Gasteiger partial charge in [0.1, 0.15) is 13.2 Å². The Balaban J connectivity index is 3.24. The van der Waals surface area contributed by atoms with Gasteiger partial charge in [-0.3, -0.25) is 9.59 Å². The Morgan fingerprint density at radius 1 is 0.731 bits per heavy atom. The van der Waals surface area contributed by atoms with Crippen LogP contribution in [0.25, 0.3) is 0 Å². The first kappa shape index (κ1) is 24.2. The number of carbonyl (C=O) groups is 3. The fourth-order valence-electron chi connectivity index (χ4n) is 1.56. The van der Waals surface area contributed by atoms with E-state index in [9.17, 15) is 14.4 Å². The summed E-state index contributed by atoms with van der Waals surface area (Å²) in [6, 6.07) is 0. The van der Waals surface area contributed by atoms with Crippen molar-refractivity contribution in [3.8, 4) is 0 Å². The molecule has 11 nitrogen and oxygen atoms in total. The second kappa shape index (κ2) is 18.0. The molecule has 0 aromatic heterocycles. The number of carbonyl (C=O) groups excluding carboxylic acids is 2. The zero-order chi connectivity index (χ0) is 19.5. The highest BCUT2D eigenvalue weighted by Gasteiger charge is 2.01. The highest BCUT2D eigenvalue weighted by atomic mass is 16.5. The molecule has 0 rings (SSSR count). The number of carboxylic acids is 1. The summed E-state index contributed by atoms with van der Waals surface area (Å²) in [5, 5.41) is 13.6. The van der Waals surface area contributed by atoms with Crippen LogP contribution in [0.15, 0.2) is 0 Å². The number of nitrogens with two attached hydrogens (primary N) is 1. The van der Waals surface area contributed by atoms with E-state index in [4.69, 9.17) is 29.8 Å². The van der Waals surface area contributed by atoms with Crippen LogP contribution in [0.4, 0.5) is 0 Å². The topological polar surface area (TPSA) is 158 Å². The predicted octanol–water partition coefficient (Wildman–Crippen LogP) is -2.28. The number of rotatable bonds is 18. The molecule has 0 radical (unpaired) electrons. The summed E-state index contributed by atoms with van der Waals surface area (Å²) in [6.45, 7) is 2.27. The standard InChI is InChI=1S/C15H29N3O8/c16-2-1-13(19)17-3-5-23-7-9-25-11-14(20)18-4-6-24-8-10-26-12-15(21)22/h1-12,16H2,(H,17,19)(H,18,20)(H,21,22). The average Bonchev–Trinajstić information content (AvgIpc) is 2.59. The molecular formula is C15H29N3O8. The van der Waals surface area contributed by atoms with E-state index >= 15 is 0 Å². The average molecular weight is 379 g/mol. The maximum atomic E-state index is 11.4. The van der Waals surface area contributed by atoms with Crippen LogP contribution in [0.1, 0.15) is 6.42 Å². The SMILES string of the molecule is NCCC(=O)NCCOCCOCC(=O)NCCOCCOCC(=O)O. The molecule has 11 heteroatoms. The van der Waals surface area contributed by atoms with Gasteiger partial charge in [0, 0.05) is 26.1 Å². The zero-order valence-corrected chi connectivity index (χ0v) is 14.9. The van der Waals surface area contributed by atoms with Crippen LogP contribution in [0.3, 0.4) is 0 Å². The molecule has 0 aliphatic carbocycles. The van der Waals surface area contributed by atoms with Crippen molar-refractivity contribution in [2.45, 2.75) is 6.42 Å². The number of aliphatic carboxylic acids is 1. The Morgan fingerprint density at radius 2 is 1.23 bits per heavy atom. The molecule has 0 unspecified atom stereocenters. The molecule has 152 valence electrons. The first-order chi connectivity index (χ1) is 12.6. The third-order valence-corrected chi connectivity index (χ3v) is 2.71. The van der Waals surface area contributed by atoms with Gasteiger partial charge in [-0.25, -0.2) is 4.79 Å². The Hall–Kier alpha value is -1.79. The summed E-state index contributed by atoms with van der Waals surface area (Å²) in [7, 11) is 0. The van der Waals surface area contributed by atoms with Crippen molar-refractivity contribution in [3.63, 3.8) is 0 Å². The van der Waals surface area contributed by atoms with Gasteiger partial charge in [0.15, 0.2) is 0 Å². The molecular weight excluding hydrogens is 350 g/mol. The number of amides is 2. The predicted molar refractivity (Wildman–Crippen MR) is 90.6 cm³/mol. The maximum Gasteiger partial charge on any atom is 0.329 e. The molecule has 5 N–H and O–H groups in total. The van der Waals surface area contributed by atoms with Crippen molar-refractivity contribution in [1.82, 2.24) is 10.6 Å². The second-order valence-corrected chi connectivity index (χ2v) is 4.96. The van der Waals surface area contributed by atoms with Crippen LogP contribution in [0.2, 0.25) is 0 Å². The maximum absolute atomic E-state index is 11.4. The first-order valence-corrected chi connectivity index (χ1v) is 8.32. The van der Waals surface area contributed by atoms with Crippen LogP contribution < -0.4 is 16.4 Å². The molecule has 0 aliphatic rings. The fourth-order valence-corrected chi connectivity index (χ4v) is 1.56. The molecule has 0 saturated heterocycles. The van der Waals surface area contributed by atoms with E-state index in [1.807, 2.05) is 0 Å². The molecule has 2 amide bonds. The third-order valence-electron chi connectivity index (χ3n) is 2.71. The Kier molecular flexibility index (Phi) is 16.8. The highest BCUT2D eigenvalue weighted by molar-refractivity contribution is 5.77. The lowest BCUT2D eigenvalue weighted by Gasteiger charge is -2.08. The zero-order valence-electron chi connectivity index (χ0n) is 14.9. The van der Waals surface area contributed by atoms with Gasteiger partial charge in [-0.1, -0.05) is 0 Å². The molecule has 0 saturated carbocycles. The van der Waals surface area contributed by atoms with E-state index in [1.165, 1.54) is 0 Å². The van der Waals surface area contributed by atoms with Crippen molar-refractivity contribution in [1.29, 1.82) is 0 Å². The van der Waals surface area contributed by atoms with Crippen LogP contribution in [0, 0.1) is 0 Å². The van der Waals surface area contributed by atoms with Crippen LogP contribution >= 0.6 is 0 Å². The summed E-state index contributed by atoms with van der Waals surface area (Å²) in [5.74, 6) is -1.41. The highest BCUT2D eigenvalue weighted by Crippen LogP contribution is 1.82. The molecule has 26 heavy (non-hydrogen) atoms. The third kappa shape index (κ3) is 18.5. The minimum atomic E-state index is -1.03. The minimum absolute atomic E-state index is 0.0850. The molecule has 0 bridgehead atoms. The van der Waals surface area contributed by atoms with Crippen LogP contribution in [-0.2, 0) is 33.3 Å². The summed E-state index contributed by atoms with van der Waals surface area (Å²) in [5.41, 5.74) is 5.24. The smallest absolute Gasteiger partial charge is 0.329 e. The monoisotopic (exact) mass is 379 g/mol. The van der Waals surface area contributed by atoms with Gasteiger partial charge in [0.05, 0.1) is 39.6 Å². The molecule has 0 aromatic rings. The first-order valence-electron chi connectivity index (χ1n) is 8.32. The largest absolute Gasteiger partial charge is 0.480 e. The molecule has 0 aliphatic heterocycles. The van der Waals surface area contributed by atoms with E-state index < -0.39 is 5.97 Å². The van der Waals surface area contributed by atoms with Gasteiger partial charge in [0.2, 0.25) is 11.8 Å². The van der Waals surface area contributed by atoms with Crippen molar-refractivity contribution < 1.29 is 38.4 Å². The number of hydrogen-bond acceptors (Lipinski definition) is 8. The summed E-state index contributed by atoms with van der Waals surface area (Å²) in [6.07, 6.45) is 0.293. The molecule has 0 fully saturated rings. The van der Waals surface area contributed by atoms with E-state index in [2.05, 4.69) is 10.6 Å². The lowest BCUT2D eigenvalue weighted by Crippen LogP contribution is -2.31. The Bertz CT molecular complexity index is 395. The van der Waals surface area contributed by atoms with E-state index in [1.54, 1.807) is 0 Å². The summed E-state index contributed by atoms with van der Waals surface area (Å²) < 4.78 is 20.3. The molecule has 0 aromatic carbocycles. The minimum Gasteiger partial charge on any atom is -0.480 e. The van der Waals surface area contributed by atoms with E-state index in [-0.39, 0.29) is 44.8 Å². The summed E-state index contributed by atoms with van der Waals surface area (Å²) in [4.78, 5) is 32.7. The normalized spacial score (nSPS) is 10.5. The van der Waals surface area contributed by atoms with Gasteiger partial charge in [0.25, 0.3) is 0 Å². The van der Waals surface area contributed by atoms with Crippen LogP contribution in [0.5, 0.6) is 0 Å². The van der Waals surface area contributed by atoms with Gasteiger partial charge < -0.3 is 40.4 Å². The fraction of sp³-hybridized carbons (Fsp3) is 0.800. The van der Waals surface area contributed by atoms with E-state index in [0.717, 1.165) is 0 Å². The van der Waals surface area contributed by atoms with Gasteiger partial charge in [-0.05, 0) is 0 Å². The summed E-state index contributed by atoms with van der Waals surface area (Å²) >= 11 is 0. The van der Waals surface area contributed by atoms with Crippen molar-refractivity contribution >= 4 is 17.8 Å². The molecule has 0 atom stereocenters. The molecule has 0 spiro atoms. The number of nitrogens with one attached hydrogen (secondary N) is 2. The number of carboxylic acid groups (broad SMARTS) is 1. The van der Waals surface area contributed by atoms with Crippen LogP contribution in [-0.4, -0.2) is 95.4 Å². The van der Waals surface area contributed by atoms with Gasteiger partial charge in [-0.15, -0.1) is 0 Å². The number of hydrogen-bond donors (Lipinski definition) is 4. The molecule has 0 heterocycles. The quantitative estimate of drug-likeness (QED) is 0.192. The van der Waals surface area contributed by atoms with Crippen molar-refractivity contribution in [2.75, 3.05) is 72.5 Å². The number of ether oxygens (including phenoxy) is 4. The van der Waals surface area contributed by atoms with Crippen molar-refractivity contribution in [2.24, 2.45) is 5.73 Å². The van der Waals surface area contributed by atoms with Gasteiger partial charge >= 0.3 is 5.97 Å². The van der Waals surface area contributed by atoms with E-state index in [0.29, 0.717) is 45.9 Å². The Labute approximate surface area is 152 Å².